The first-order valence-corrected chi connectivity index (χ1v) is 7.14. The Bertz CT molecular complexity index is 408. The van der Waals surface area contributed by atoms with E-state index in [-0.39, 0.29) is 0 Å². The molecule has 0 unspecified atom stereocenters. The zero-order valence-corrected chi connectivity index (χ0v) is 12.5. The van der Waals surface area contributed by atoms with E-state index in [1.54, 1.807) is 0 Å². The molecule has 0 aromatic heterocycles. The Labute approximate surface area is 113 Å². The van der Waals surface area contributed by atoms with Gasteiger partial charge in [0.2, 0.25) is 0 Å². The van der Waals surface area contributed by atoms with Crippen LogP contribution in [0.1, 0.15) is 0 Å². The van der Waals surface area contributed by atoms with Crippen LogP contribution in [0.4, 0.5) is 57.1 Å². The Morgan fingerprint density at radius 1 is 0.826 bits per heavy atom. The van der Waals surface area contributed by atoms with Gasteiger partial charge in [0.15, 0.2) is 0 Å². The third-order valence-corrected chi connectivity index (χ3v) is 5.04. The predicted molar refractivity (Wildman–Crippen MR) is 41.9 cm³/mol. The first-order chi connectivity index (χ1) is 9.89. The van der Waals surface area contributed by atoms with E-state index in [9.17, 15) is 57.1 Å². The van der Waals surface area contributed by atoms with Crippen LogP contribution >= 0.6 is 0 Å². The van der Waals surface area contributed by atoms with Crippen LogP contribution in [-0.2, 0) is 4.74 Å². The fourth-order valence-corrected chi connectivity index (χ4v) is 2.54. The number of rotatable bonds is 5. The van der Waals surface area contributed by atoms with E-state index in [1.165, 1.54) is 0 Å². The van der Waals surface area contributed by atoms with Gasteiger partial charge in [-0.05, 0) is 0 Å². The van der Waals surface area contributed by atoms with Crippen LogP contribution in [0.3, 0.4) is 0 Å². The maximum atomic E-state index is 12.4. The average Bonchev–Trinajstić information content (AvgIpc) is 2.22. The van der Waals surface area contributed by atoms with Crippen molar-refractivity contribution in [2.45, 2.75) is 31.1 Å². The van der Waals surface area contributed by atoms with Gasteiger partial charge in [-0.15, -0.1) is 0 Å². The van der Waals surface area contributed by atoms with Crippen LogP contribution in [-0.4, -0.2) is 49.7 Å². The van der Waals surface area contributed by atoms with Gasteiger partial charge in [0.25, 0.3) is 0 Å². The normalized spacial score (nSPS) is 15.3. The second kappa shape index (κ2) is 6.17. The molecular weight excluding hydrogens is 612 g/mol. The second-order valence-corrected chi connectivity index (χ2v) is 6.32. The molecule has 0 aliphatic heterocycles. The summed E-state index contributed by atoms with van der Waals surface area (Å²) in [6.45, 7) is -5.64. The summed E-state index contributed by atoms with van der Waals surface area (Å²) in [6.07, 6.45) is -23.1. The fraction of sp³-hybridized carbons (Fsp3) is 0.857. The molecule has 23 heavy (non-hydrogen) atoms. The number of ether oxygens (including phenoxy) is 1. The summed E-state index contributed by atoms with van der Waals surface area (Å²) in [5, 5.41) is -2.46. The van der Waals surface area contributed by atoms with E-state index < -0.39 is 49.7 Å². The van der Waals surface area contributed by atoms with Gasteiger partial charge in [-0.3, -0.25) is 0 Å². The quantitative estimate of drug-likeness (QED) is 0.344. The SMILES string of the molecule is FC(F)C(F)(F)CO/[C](=[Cf]/[N](C(F)(F)F)C(F)(F)F)C(F)(F)F. The van der Waals surface area contributed by atoms with Gasteiger partial charge in [0, 0.05) is 0 Å². The van der Waals surface area contributed by atoms with Crippen molar-refractivity contribution in [1.29, 1.82) is 0 Å². The molecule has 0 aliphatic rings. The zero-order chi connectivity index (χ0) is 18.9. The fourth-order valence-electron chi connectivity index (χ4n) is 0.649. The Morgan fingerprint density at radius 3 is 1.48 bits per heavy atom. The molecule has 0 spiro atoms. The molecule has 0 saturated heterocycles. The Kier molecular flexibility index (Phi) is 5.60. The van der Waals surface area contributed by atoms with Gasteiger partial charge in [-0.1, -0.05) is 0 Å². The molecule has 0 fully saturated rings. The third kappa shape index (κ3) is 6.25. The van der Waals surface area contributed by atoms with Crippen molar-refractivity contribution < 1.29 is 61.8 Å². The summed E-state index contributed by atoms with van der Waals surface area (Å²) < 4.78 is 156. The first kappa shape index (κ1) is 20.9. The standard InChI is InChI=1S/C5H3F7O.C2F6N.Cf/c6-3(7)4(8,9)1-13-2-5(10,11)12;3-1(4,5)9-2(6,7)8;/h3H,1H2;;/q;-1;+1. The molecule has 0 radical (unpaired) electrons. The molecule has 2 nitrogen and oxygen atoms in total. The zero-order valence-electron chi connectivity index (χ0n) is 9.87. The van der Waals surface area contributed by atoms with Gasteiger partial charge in [-0.2, -0.15) is 0 Å². The van der Waals surface area contributed by atoms with Gasteiger partial charge in [0.1, 0.15) is 0 Å². The summed E-state index contributed by atoms with van der Waals surface area (Å²) >= 11 is 0. The van der Waals surface area contributed by atoms with E-state index in [0.717, 1.165) is 0 Å². The van der Waals surface area contributed by atoms with E-state index in [0.29, 0.717) is 0 Å². The van der Waals surface area contributed by atoms with Crippen molar-refractivity contribution >= 4 is 6.61 Å². The van der Waals surface area contributed by atoms with E-state index in [4.69, 9.17) is 0 Å². The molecule has 0 aromatic rings. The van der Waals surface area contributed by atoms with E-state index in [2.05, 4.69) is 4.74 Å². The number of alkyl halides is 13. The number of hydrogen-bond donors (Lipinski definition) is 0. The molecule has 0 aliphatic carbocycles. The monoisotopic (exact) mass is 613 g/mol. The summed E-state index contributed by atoms with van der Waals surface area (Å²) in [4.78, 5) is 0. The summed E-state index contributed by atoms with van der Waals surface area (Å²) in [5.74, 6) is -5.19. The first-order valence-electron chi connectivity index (χ1n) is 4.65. The van der Waals surface area contributed by atoms with Crippen molar-refractivity contribution in [1.82, 2.24) is 5.32 Å². The molecular formula is C7H3CfF13NO. The van der Waals surface area contributed by atoms with Crippen molar-refractivity contribution in [3.8, 4) is 0 Å². The van der Waals surface area contributed by atoms with Crippen LogP contribution < -0.4 is 0 Å². The third-order valence-electron chi connectivity index (χ3n) is 1.46. The van der Waals surface area contributed by atoms with Crippen molar-refractivity contribution in [2.75, 3.05) is 6.61 Å². The Balaban J connectivity index is 5.64. The van der Waals surface area contributed by atoms with E-state index >= 15 is 0 Å². The minimum atomic E-state index is -6.29. The summed E-state index contributed by atoms with van der Waals surface area (Å²) in [6, 6.07) is 0. The van der Waals surface area contributed by atoms with Gasteiger partial charge in [0.05, 0.1) is 0 Å². The molecule has 0 bridgehead atoms. The van der Waals surface area contributed by atoms with Crippen molar-refractivity contribution in [3.05, 3.63) is 0 Å². The predicted octanol–water partition coefficient (Wildman–Crippen LogP) is 3.94. The van der Waals surface area contributed by atoms with E-state index in [1.807, 2.05) is 0 Å². The van der Waals surface area contributed by atoms with Crippen molar-refractivity contribution in [2.24, 2.45) is 0 Å². The molecule has 0 N–H and O–H groups in total. The van der Waals surface area contributed by atoms with Gasteiger partial charge in [-0.25, -0.2) is 0 Å². The summed E-state index contributed by atoms with van der Waals surface area (Å²) in [7, 11) is 0. The number of halogens is 13. The molecule has 143 valence electrons. The molecule has 16 heteroatoms. The number of hydrogen-bond acceptors (Lipinski definition) is 2. The maximum absolute atomic E-state index is 12.4. The van der Waals surface area contributed by atoms with Crippen LogP contribution in [0.2, 0.25) is 0 Å². The molecule has 0 amide bonds. The van der Waals surface area contributed by atoms with Crippen LogP contribution in [0.25, 0.3) is 0 Å². The summed E-state index contributed by atoms with van der Waals surface area (Å²) in [5.41, 5.74) is 0. The Hall–Kier alpha value is -2.12. The van der Waals surface area contributed by atoms with Crippen LogP contribution in [0.15, 0.2) is 0 Å². The topological polar surface area (TPSA) is 12.5 Å². The van der Waals surface area contributed by atoms with Crippen molar-refractivity contribution in [3.63, 3.8) is 0 Å². The molecule has 0 rings (SSSR count). The molecule has 0 atom stereocenters. The molecule has 0 saturated carbocycles. The van der Waals surface area contributed by atoms with Crippen LogP contribution in [0.5, 0.6) is 0 Å². The van der Waals surface area contributed by atoms with Gasteiger partial charge >= 0.3 is 111 Å². The molecule has 0 aromatic carbocycles. The molecule has 0 heterocycles. The number of nitrogens with zero attached hydrogens (tertiary/aromatic N) is 1. The average molecular weight is 615 g/mol. The Morgan fingerprint density at radius 2 is 1.22 bits per heavy atom. The van der Waals surface area contributed by atoms with Gasteiger partial charge < -0.3 is 0 Å². The minimum absolute atomic E-state index is 2.46. The second-order valence-electron chi connectivity index (χ2n) is 3.35. The van der Waals surface area contributed by atoms with Crippen LogP contribution in [0, 0.1) is 0 Å².